The largest absolute Gasteiger partial charge is 0.271 e. The molecular formula is C4H7AlBr. The quantitative estimate of drug-likeness (QED) is 0.540. The predicted molar refractivity (Wildman–Crippen MR) is 36.5 cm³/mol. The Morgan fingerprint density at radius 1 is 1.17 bits per heavy atom. The van der Waals surface area contributed by atoms with Gasteiger partial charge in [-0.2, -0.15) is 9.88 Å². The molecule has 33 valence electrons. The van der Waals surface area contributed by atoms with E-state index in [-0.39, 0.29) is 17.0 Å². The van der Waals surface area contributed by atoms with Gasteiger partial charge in [-0.05, 0) is 0 Å². The summed E-state index contributed by atoms with van der Waals surface area (Å²) in [5.74, 6) is 0. The molecule has 0 aromatic heterocycles. The Morgan fingerprint density at radius 3 is 1.50 bits per heavy atom. The van der Waals surface area contributed by atoms with Gasteiger partial charge in [-0.3, -0.25) is 0 Å². The first-order valence-corrected chi connectivity index (χ1v) is 2.82. The molecule has 0 bridgehead atoms. The fourth-order valence-electron chi connectivity index (χ4n) is 0.0962. The molecule has 6 heavy (non-hydrogen) atoms. The first-order valence-electron chi connectivity index (χ1n) is 1.48. The number of halogens is 1. The van der Waals surface area contributed by atoms with Gasteiger partial charge in [0.2, 0.25) is 0 Å². The zero-order valence-corrected chi connectivity index (χ0v) is 6.42. The molecule has 0 aliphatic rings. The van der Waals surface area contributed by atoms with Gasteiger partial charge in [0.05, 0.1) is 0 Å². The molecule has 0 aromatic rings. The normalized spacial score (nSPS) is 4.67. The van der Waals surface area contributed by atoms with Crippen molar-refractivity contribution in [2.24, 2.45) is 0 Å². The first-order chi connectivity index (χ1) is 2.41. The lowest BCUT2D eigenvalue weighted by Crippen LogP contribution is -1.67. The minimum absolute atomic E-state index is 0. The number of rotatable bonds is 2. The summed E-state index contributed by atoms with van der Waals surface area (Å²) in [6, 6.07) is 0. The van der Waals surface area contributed by atoms with Crippen molar-refractivity contribution in [2.45, 2.75) is 0 Å². The molecule has 0 saturated heterocycles. The summed E-state index contributed by atoms with van der Waals surface area (Å²) in [6.45, 7) is 7.03. The molecule has 2 heteroatoms. The van der Waals surface area contributed by atoms with Crippen molar-refractivity contribution in [2.75, 3.05) is 0 Å². The summed E-state index contributed by atoms with van der Waals surface area (Å²) in [5.41, 5.74) is 0. The average Bonchev–Trinajstić information content (AvgIpc) is 1.41. The van der Waals surface area contributed by atoms with Gasteiger partial charge in [0, 0.05) is 0 Å². The second-order valence-electron chi connectivity index (χ2n) is 0.664. The maximum Gasteiger partial charge on any atom is 0.271 e. The lowest BCUT2D eigenvalue weighted by atomic mass is 11.2. The zero-order valence-electron chi connectivity index (χ0n) is 3.55. The highest BCUT2D eigenvalue weighted by molar-refractivity contribution is 8.93. The molecular weight excluding hydrogens is 155 g/mol. The molecule has 0 aromatic carbocycles. The van der Waals surface area contributed by atoms with Gasteiger partial charge < -0.3 is 0 Å². The summed E-state index contributed by atoms with van der Waals surface area (Å²) in [5, 5.41) is 0. The van der Waals surface area contributed by atoms with Crippen LogP contribution in [0.1, 0.15) is 0 Å². The van der Waals surface area contributed by atoms with E-state index in [1.807, 2.05) is 9.88 Å². The highest BCUT2D eigenvalue weighted by atomic mass is 79.9. The van der Waals surface area contributed by atoms with E-state index in [9.17, 15) is 0 Å². The molecule has 0 heterocycles. The molecule has 0 atom stereocenters. The van der Waals surface area contributed by atoms with Gasteiger partial charge in [0.25, 0.3) is 15.2 Å². The number of hydrogen-bond donors (Lipinski definition) is 0. The Labute approximate surface area is 55.4 Å². The second kappa shape index (κ2) is 9.09. The molecule has 0 saturated carbocycles. The van der Waals surface area contributed by atoms with Gasteiger partial charge in [-0.15, -0.1) is 30.1 Å². The SMILES string of the molecule is Br.C=[CH][Al][CH]=C. The summed E-state index contributed by atoms with van der Waals surface area (Å²) in [6.07, 6.45) is 0. The molecule has 0 unspecified atom stereocenters. The molecule has 0 fully saturated rings. The highest BCUT2D eigenvalue weighted by Crippen LogP contribution is 1.55. The van der Waals surface area contributed by atoms with E-state index in [1.54, 1.807) is 0 Å². The highest BCUT2D eigenvalue weighted by Gasteiger charge is 1.62. The molecule has 0 nitrogen and oxygen atoms in total. The van der Waals surface area contributed by atoms with Crippen molar-refractivity contribution in [3.63, 3.8) is 0 Å². The summed E-state index contributed by atoms with van der Waals surface area (Å²) >= 11 is 0.343. The van der Waals surface area contributed by atoms with Gasteiger partial charge in [0.1, 0.15) is 0 Å². The molecule has 0 rings (SSSR count). The van der Waals surface area contributed by atoms with Gasteiger partial charge in [-0.25, -0.2) is 0 Å². The third-order valence-electron chi connectivity index (χ3n) is 0.272. The Kier molecular flexibility index (Phi) is 14.7. The topological polar surface area (TPSA) is 0 Å². The minimum Gasteiger partial charge on any atom is -0.157 e. The van der Waals surface area contributed by atoms with Crippen LogP contribution >= 0.6 is 17.0 Å². The monoisotopic (exact) mass is 161 g/mol. The molecule has 0 spiro atoms. The lowest BCUT2D eigenvalue weighted by molar-refractivity contribution is 2.44. The van der Waals surface area contributed by atoms with Crippen molar-refractivity contribution in [3.8, 4) is 0 Å². The number of hydrogen-bond acceptors (Lipinski definition) is 0. The van der Waals surface area contributed by atoms with Crippen LogP contribution in [-0.4, -0.2) is 15.2 Å². The van der Waals surface area contributed by atoms with Gasteiger partial charge in [-0.1, -0.05) is 0 Å². The molecule has 0 amide bonds. The van der Waals surface area contributed by atoms with Crippen LogP contribution in [0, 0.1) is 0 Å². The maximum absolute atomic E-state index is 3.52. The lowest BCUT2D eigenvalue weighted by Gasteiger charge is -1.58. The molecule has 1 radical (unpaired) electrons. The van der Waals surface area contributed by atoms with Gasteiger partial charge in [0.15, 0.2) is 0 Å². The van der Waals surface area contributed by atoms with Crippen LogP contribution in [0.4, 0.5) is 0 Å². The second-order valence-corrected chi connectivity index (χ2v) is 1.99. The first kappa shape index (κ1) is 9.70. The average molecular weight is 162 g/mol. The Bertz CT molecular complexity index is 36.8. The summed E-state index contributed by atoms with van der Waals surface area (Å²) in [4.78, 5) is 3.79. The van der Waals surface area contributed by atoms with E-state index in [1.165, 1.54) is 0 Å². The van der Waals surface area contributed by atoms with E-state index < -0.39 is 0 Å². The van der Waals surface area contributed by atoms with E-state index in [2.05, 4.69) is 13.2 Å². The van der Waals surface area contributed by atoms with Crippen molar-refractivity contribution in [1.29, 1.82) is 0 Å². The van der Waals surface area contributed by atoms with E-state index in [0.29, 0.717) is 15.2 Å². The van der Waals surface area contributed by atoms with Crippen LogP contribution in [0.2, 0.25) is 0 Å². The fraction of sp³-hybridized carbons (Fsp3) is 0. The summed E-state index contributed by atoms with van der Waals surface area (Å²) in [7, 11) is 0. The van der Waals surface area contributed by atoms with E-state index >= 15 is 0 Å². The summed E-state index contributed by atoms with van der Waals surface area (Å²) < 4.78 is 0. The van der Waals surface area contributed by atoms with Crippen LogP contribution in [0.25, 0.3) is 0 Å². The molecule has 0 N–H and O–H groups in total. The Balaban J connectivity index is 0. The van der Waals surface area contributed by atoms with Crippen molar-refractivity contribution >= 4 is 32.2 Å². The van der Waals surface area contributed by atoms with Crippen molar-refractivity contribution in [1.82, 2.24) is 0 Å². The van der Waals surface area contributed by atoms with E-state index in [0.717, 1.165) is 0 Å². The standard InChI is InChI=1S/2C2H3.Al.BrH/c2*1-2;;/h2*1H,2H2;;1H. The third kappa shape index (κ3) is 8.82. The predicted octanol–water partition coefficient (Wildman–Crippen LogP) is 1.56. The third-order valence-corrected chi connectivity index (χ3v) is 0.816. The minimum atomic E-state index is 0. The van der Waals surface area contributed by atoms with Crippen LogP contribution in [0.15, 0.2) is 23.0 Å². The van der Waals surface area contributed by atoms with Crippen LogP contribution < -0.4 is 0 Å². The Morgan fingerprint density at radius 2 is 1.50 bits per heavy atom. The fourth-order valence-corrected chi connectivity index (χ4v) is 0.289. The van der Waals surface area contributed by atoms with Crippen LogP contribution in [0.3, 0.4) is 0 Å². The molecule has 0 aliphatic carbocycles. The molecule has 0 aliphatic heterocycles. The maximum atomic E-state index is 3.52. The van der Waals surface area contributed by atoms with Gasteiger partial charge >= 0.3 is 0 Å². The zero-order chi connectivity index (χ0) is 4.12. The van der Waals surface area contributed by atoms with E-state index in [4.69, 9.17) is 0 Å². The van der Waals surface area contributed by atoms with Crippen LogP contribution in [-0.2, 0) is 0 Å². The van der Waals surface area contributed by atoms with Crippen molar-refractivity contribution < 1.29 is 0 Å². The smallest absolute Gasteiger partial charge is 0.157 e. The Hall–Kier alpha value is 0.492. The van der Waals surface area contributed by atoms with Crippen molar-refractivity contribution in [3.05, 3.63) is 23.0 Å². The van der Waals surface area contributed by atoms with Crippen LogP contribution in [0.5, 0.6) is 0 Å².